The second-order valence-electron chi connectivity index (χ2n) is 19.9. The fourth-order valence-electron chi connectivity index (χ4n) is 8.00. The molecule has 0 rings (SSSR count). The number of hydrogen-bond donors (Lipinski definition) is 0. The first-order valence-electron chi connectivity index (χ1n) is 27.3. The molecule has 0 radical (unpaired) electrons. The number of unbranched alkanes of at least 4 members (excludes halogenated alkanes) is 34. The summed E-state index contributed by atoms with van der Waals surface area (Å²) in [5.41, 5.74) is 0. The van der Waals surface area contributed by atoms with Gasteiger partial charge in [0.2, 0.25) is 0 Å². The van der Waals surface area contributed by atoms with E-state index in [1.807, 2.05) is 21.1 Å². The molecule has 0 aliphatic carbocycles. The Balaban J connectivity index is 4.24. The first kappa shape index (κ1) is 62.0. The zero-order chi connectivity index (χ0) is 47.0. The maximum atomic E-state index is 12.8. The number of carbonyl (C=O) groups is 3. The number of carboxylic acids is 1. The molecule has 0 saturated carbocycles. The molecule has 378 valence electrons. The number of allylic oxidation sites excluding steroid dienone is 2. The van der Waals surface area contributed by atoms with Crippen LogP contribution in [-0.2, 0) is 33.3 Å². The van der Waals surface area contributed by atoms with E-state index in [0.717, 1.165) is 44.9 Å². The lowest BCUT2D eigenvalue weighted by Gasteiger charge is -2.26. The Morgan fingerprint density at radius 2 is 0.797 bits per heavy atom. The minimum absolute atomic E-state index is 0.150. The van der Waals surface area contributed by atoms with Crippen LogP contribution in [0.2, 0.25) is 0 Å². The van der Waals surface area contributed by atoms with Crippen LogP contribution in [0.15, 0.2) is 12.2 Å². The number of carboxylic acid groups (broad SMARTS) is 1. The summed E-state index contributed by atoms with van der Waals surface area (Å²) in [5, 5.41) is 11.7. The fraction of sp³-hybridized carbons (Fsp3) is 0.909. The molecule has 2 atom stereocenters. The minimum Gasteiger partial charge on any atom is -0.545 e. The largest absolute Gasteiger partial charge is 0.545 e. The first-order valence-corrected chi connectivity index (χ1v) is 27.3. The highest BCUT2D eigenvalue weighted by atomic mass is 16.7. The maximum Gasteiger partial charge on any atom is 0.306 e. The number of quaternary nitrogens is 1. The van der Waals surface area contributed by atoms with Crippen molar-refractivity contribution in [1.82, 2.24) is 0 Å². The zero-order valence-corrected chi connectivity index (χ0v) is 42.9. The highest BCUT2D eigenvalue weighted by Crippen LogP contribution is 2.17. The summed E-state index contributed by atoms with van der Waals surface area (Å²) in [6.45, 7) is 4.78. The highest BCUT2D eigenvalue weighted by Gasteiger charge is 2.22. The van der Waals surface area contributed by atoms with E-state index >= 15 is 0 Å². The lowest BCUT2D eigenvalue weighted by Crippen LogP contribution is -2.44. The number of carbonyl (C=O) groups excluding carboxylic acids is 3. The van der Waals surface area contributed by atoms with Crippen molar-refractivity contribution in [2.24, 2.45) is 0 Å². The Kier molecular flexibility index (Phi) is 46.1. The summed E-state index contributed by atoms with van der Waals surface area (Å²) in [6, 6.07) is 0. The lowest BCUT2D eigenvalue weighted by molar-refractivity contribution is -0.870. The third-order valence-electron chi connectivity index (χ3n) is 12.3. The number of nitrogens with zero attached hydrogens (tertiary/aromatic N) is 1. The fourth-order valence-corrected chi connectivity index (χ4v) is 8.00. The smallest absolute Gasteiger partial charge is 0.306 e. The molecular formula is C55H105NO8. The van der Waals surface area contributed by atoms with Crippen LogP contribution in [-0.4, -0.2) is 82.3 Å². The number of ether oxygens (including phenoxy) is 4. The second-order valence-corrected chi connectivity index (χ2v) is 19.9. The number of hydrogen-bond acceptors (Lipinski definition) is 8. The van der Waals surface area contributed by atoms with Gasteiger partial charge in [-0.3, -0.25) is 9.59 Å². The van der Waals surface area contributed by atoms with Gasteiger partial charge < -0.3 is 33.3 Å². The summed E-state index contributed by atoms with van der Waals surface area (Å²) in [5.74, 6) is -2.27. The molecule has 0 aromatic carbocycles. The van der Waals surface area contributed by atoms with Gasteiger partial charge in [0.05, 0.1) is 40.3 Å². The van der Waals surface area contributed by atoms with Gasteiger partial charge in [-0.1, -0.05) is 225 Å². The van der Waals surface area contributed by atoms with Crippen LogP contribution in [0, 0.1) is 0 Å². The van der Waals surface area contributed by atoms with E-state index in [2.05, 4.69) is 26.0 Å². The molecule has 0 amide bonds. The van der Waals surface area contributed by atoms with Crippen molar-refractivity contribution < 1.29 is 42.9 Å². The number of aliphatic carboxylic acids is 1. The van der Waals surface area contributed by atoms with Gasteiger partial charge >= 0.3 is 11.9 Å². The van der Waals surface area contributed by atoms with E-state index in [4.69, 9.17) is 18.9 Å². The Morgan fingerprint density at radius 3 is 1.16 bits per heavy atom. The predicted molar refractivity (Wildman–Crippen MR) is 265 cm³/mol. The van der Waals surface area contributed by atoms with Gasteiger partial charge in [-0.25, -0.2) is 0 Å². The van der Waals surface area contributed by atoms with E-state index in [9.17, 15) is 19.5 Å². The predicted octanol–water partition coefficient (Wildman–Crippen LogP) is 14.1. The van der Waals surface area contributed by atoms with E-state index in [0.29, 0.717) is 23.9 Å². The van der Waals surface area contributed by atoms with Gasteiger partial charge in [0.1, 0.15) is 13.2 Å². The molecule has 0 spiro atoms. The summed E-state index contributed by atoms with van der Waals surface area (Å²) in [7, 11) is 5.92. The van der Waals surface area contributed by atoms with Gasteiger partial charge in [0, 0.05) is 12.8 Å². The molecule has 0 aromatic rings. The summed E-state index contributed by atoms with van der Waals surface area (Å²) in [6.07, 6.45) is 49.6. The maximum absolute atomic E-state index is 12.8. The van der Waals surface area contributed by atoms with E-state index < -0.39 is 24.3 Å². The van der Waals surface area contributed by atoms with E-state index in [1.54, 1.807) is 0 Å². The molecule has 0 saturated heterocycles. The van der Waals surface area contributed by atoms with Crippen LogP contribution in [0.5, 0.6) is 0 Å². The van der Waals surface area contributed by atoms with Gasteiger partial charge in [-0.05, 0) is 38.5 Å². The van der Waals surface area contributed by atoms with Gasteiger partial charge in [-0.2, -0.15) is 0 Å². The topological polar surface area (TPSA) is 111 Å². The summed E-state index contributed by atoms with van der Waals surface area (Å²) < 4.78 is 22.7. The monoisotopic (exact) mass is 908 g/mol. The normalized spacial score (nSPS) is 12.8. The lowest BCUT2D eigenvalue weighted by atomic mass is 10.0. The zero-order valence-electron chi connectivity index (χ0n) is 42.9. The Hall–Kier alpha value is -1.97. The van der Waals surface area contributed by atoms with Crippen molar-refractivity contribution in [2.45, 2.75) is 277 Å². The van der Waals surface area contributed by atoms with Crippen LogP contribution < -0.4 is 5.11 Å². The standard InChI is InChI=1S/C55H105NO8/c1-6-8-10-12-14-16-18-20-22-24-25-26-27-28-30-31-33-35-37-39-41-43-45-52(57)62-49-51(50-63-55(54(59)60)61-48-47-56(3,4)5)64-53(58)46-44-42-40-38-36-34-32-29-23-21-19-17-15-13-11-9-7-2/h21,23,51,55H,6-20,22,24-50H2,1-5H3/b23-21-. The van der Waals surface area contributed by atoms with Crippen molar-refractivity contribution in [1.29, 1.82) is 0 Å². The summed E-state index contributed by atoms with van der Waals surface area (Å²) >= 11 is 0. The second kappa shape index (κ2) is 47.5. The molecule has 0 aliphatic rings. The van der Waals surface area contributed by atoms with E-state index in [1.165, 1.54) is 186 Å². The SMILES string of the molecule is CCCCCCCC/C=C\CCCCCCCCCC(=O)OC(COC(=O)CCCCCCCCCCCCCCCCCCCCCCCC)COC(OCC[N+](C)(C)C)C(=O)[O-]. The molecule has 64 heavy (non-hydrogen) atoms. The van der Waals surface area contributed by atoms with Gasteiger partial charge in [-0.15, -0.1) is 0 Å². The average molecular weight is 908 g/mol. The van der Waals surface area contributed by atoms with Crippen molar-refractivity contribution >= 4 is 17.9 Å². The Bertz CT molecular complexity index is 1060. The molecule has 0 bridgehead atoms. The third kappa shape index (κ3) is 48.0. The van der Waals surface area contributed by atoms with Gasteiger partial charge in [0.15, 0.2) is 12.4 Å². The van der Waals surface area contributed by atoms with Crippen LogP contribution in [0.1, 0.15) is 264 Å². The molecule has 2 unspecified atom stereocenters. The first-order chi connectivity index (χ1) is 31.1. The number of esters is 2. The molecule has 0 aromatic heterocycles. The average Bonchev–Trinajstić information content (AvgIpc) is 3.26. The van der Waals surface area contributed by atoms with E-state index in [-0.39, 0.29) is 32.2 Å². The van der Waals surface area contributed by atoms with Crippen molar-refractivity contribution in [3.8, 4) is 0 Å². The van der Waals surface area contributed by atoms with Crippen LogP contribution >= 0.6 is 0 Å². The molecule has 0 heterocycles. The quantitative estimate of drug-likeness (QED) is 0.0195. The minimum atomic E-state index is -1.62. The summed E-state index contributed by atoms with van der Waals surface area (Å²) in [4.78, 5) is 37.2. The van der Waals surface area contributed by atoms with Crippen molar-refractivity contribution in [2.75, 3.05) is 47.5 Å². The molecule has 0 fully saturated rings. The van der Waals surface area contributed by atoms with Gasteiger partial charge in [0.25, 0.3) is 0 Å². The number of likely N-dealkylation sites (N-methyl/N-ethyl adjacent to an activating group) is 1. The van der Waals surface area contributed by atoms with Crippen LogP contribution in [0.25, 0.3) is 0 Å². The van der Waals surface area contributed by atoms with Crippen molar-refractivity contribution in [3.05, 3.63) is 12.2 Å². The van der Waals surface area contributed by atoms with Crippen molar-refractivity contribution in [3.63, 3.8) is 0 Å². The molecule has 9 heteroatoms. The molecule has 9 nitrogen and oxygen atoms in total. The third-order valence-corrected chi connectivity index (χ3v) is 12.3. The Labute approximate surface area is 395 Å². The molecule has 0 aliphatic heterocycles. The van der Waals surface area contributed by atoms with Crippen LogP contribution in [0.3, 0.4) is 0 Å². The molecule has 0 N–H and O–H groups in total. The highest BCUT2D eigenvalue weighted by molar-refractivity contribution is 5.70. The molecular weight excluding hydrogens is 803 g/mol. The number of rotatable bonds is 51. The van der Waals surface area contributed by atoms with Crippen LogP contribution in [0.4, 0.5) is 0 Å². The Morgan fingerprint density at radius 1 is 0.453 bits per heavy atom.